The number of nitrogens with one attached hydrogen (secondary N) is 1. The van der Waals surface area contributed by atoms with Gasteiger partial charge in [0.05, 0.1) is 21.4 Å². The maximum Gasteiger partial charge on any atom is 0.160 e. The Morgan fingerprint density at radius 1 is 0.913 bits per heavy atom. The van der Waals surface area contributed by atoms with Gasteiger partial charge in [-0.05, 0) is 42.5 Å². The molecule has 0 saturated carbocycles. The van der Waals surface area contributed by atoms with Crippen LogP contribution in [0.4, 0.5) is 0 Å². The number of aromatic amines is 1. The number of pyridine rings is 1. The minimum atomic E-state index is -0.0768. The molecule has 4 rings (SSSR count). The minimum absolute atomic E-state index is 0.0768. The van der Waals surface area contributed by atoms with Crippen LogP contribution in [0.5, 0.6) is 5.75 Å². The third-order valence-corrected chi connectivity index (χ3v) is 4.55. The standard InChI is InChI=1S/C17H9Cl3N2O/c18-9-1-3-13-8(5-9)6-15(21-13)14-4-2-10-11(19)7-12(20)17(23)16(10)22-14/h1-7,21,23H. The van der Waals surface area contributed by atoms with Crippen molar-refractivity contribution in [3.05, 3.63) is 57.5 Å². The van der Waals surface area contributed by atoms with E-state index in [0.29, 0.717) is 26.6 Å². The van der Waals surface area contributed by atoms with E-state index >= 15 is 0 Å². The second-order valence-corrected chi connectivity index (χ2v) is 6.45. The van der Waals surface area contributed by atoms with Crippen molar-refractivity contribution in [3.8, 4) is 17.1 Å². The number of benzene rings is 2. The van der Waals surface area contributed by atoms with Gasteiger partial charge >= 0.3 is 0 Å². The van der Waals surface area contributed by atoms with E-state index in [1.54, 1.807) is 0 Å². The number of phenolic OH excluding ortho intramolecular Hbond substituents is 1. The van der Waals surface area contributed by atoms with E-state index < -0.39 is 0 Å². The number of fused-ring (bicyclic) bond motifs is 2. The van der Waals surface area contributed by atoms with Crippen LogP contribution in [0.2, 0.25) is 15.1 Å². The van der Waals surface area contributed by atoms with Crippen molar-refractivity contribution >= 4 is 56.6 Å². The van der Waals surface area contributed by atoms with Gasteiger partial charge in [-0.25, -0.2) is 4.98 Å². The summed E-state index contributed by atoms with van der Waals surface area (Å²) in [6.45, 7) is 0. The van der Waals surface area contributed by atoms with Crippen LogP contribution in [-0.2, 0) is 0 Å². The largest absolute Gasteiger partial charge is 0.504 e. The molecule has 0 radical (unpaired) electrons. The zero-order valence-electron chi connectivity index (χ0n) is 11.6. The van der Waals surface area contributed by atoms with Gasteiger partial charge in [0.1, 0.15) is 5.52 Å². The number of phenols is 1. The third-order valence-electron chi connectivity index (χ3n) is 3.72. The van der Waals surface area contributed by atoms with Crippen LogP contribution in [0.3, 0.4) is 0 Å². The van der Waals surface area contributed by atoms with Crippen LogP contribution in [-0.4, -0.2) is 15.1 Å². The Morgan fingerprint density at radius 3 is 2.57 bits per heavy atom. The zero-order chi connectivity index (χ0) is 16.1. The van der Waals surface area contributed by atoms with Crippen LogP contribution in [0.15, 0.2) is 42.5 Å². The Balaban J connectivity index is 1.95. The fourth-order valence-electron chi connectivity index (χ4n) is 2.59. The van der Waals surface area contributed by atoms with Crippen molar-refractivity contribution in [2.45, 2.75) is 0 Å². The fourth-order valence-corrected chi connectivity index (χ4v) is 3.29. The molecule has 0 aliphatic carbocycles. The molecule has 4 aromatic rings. The molecule has 0 fully saturated rings. The number of hydrogen-bond acceptors (Lipinski definition) is 2. The van der Waals surface area contributed by atoms with Gasteiger partial charge < -0.3 is 10.1 Å². The quantitative estimate of drug-likeness (QED) is 0.432. The molecular weight excluding hydrogens is 355 g/mol. The van der Waals surface area contributed by atoms with E-state index in [4.69, 9.17) is 34.8 Å². The molecule has 0 atom stereocenters. The normalized spacial score (nSPS) is 11.4. The van der Waals surface area contributed by atoms with Crippen LogP contribution < -0.4 is 0 Å². The first-order valence-electron chi connectivity index (χ1n) is 6.79. The number of hydrogen-bond donors (Lipinski definition) is 2. The lowest BCUT2D eigenvalue weighted by atomic mass is 10.1. The molecule has 2 heterocycles. The maximum atomic E-state index is 10.1. The highest BCUT2D eigenvalue weighted by Crippen LogP contribution is 2.37. The van der Waals surface area contributed by atoms with E-state index in [1.807, 2.05) is 36.4 Å². The second kappa shape index (κ2) is 5.31. The molecule has 6 heteroatoms. The highest BCUT2D eigenvalue weighted by atomic mass is 35.5. The van der Waals surface area contributed by atoms with E-state index in [9.17, 15) is 5.11 Å². The van der Waals surface area contributed by atoms with Crippen LogP contribution in [0.1, 0.15) is 0 Å². The molecule has 2 aromatic carbocycles. The second-order valence-electron chi connectivity index (χ2n) is 5.20. The highest BCUT2D eigenvalue weighted by Gasteiger charge is 2.13. The average Bonchev–Trinajstić information content (AvgIpc) is 2.95. The highest BCUT2D eigenvalue weighted by molar-refractivity contribution is 6.39. The Kier molecular flexibility index (Phi) is 3.38. The van der Waals surface area contributed by atoms with Crippen molar-refractivity contribution in [1.29, 1.82) is 0 Å². The summed E-state index contributed by atoms with van der Waals surface area (Å²) in [5.74, 6) is -0.0768. The molecule has 0 aliphatic heterocycles. The summed E-state index contributed by atoms with van der Waals surface area (Å²) in [4.78, 5) is 7.78. The Labute approximate surface area is 146 Å². The van der Waals surface area contributed by atoms with Crippen molar-refractivity contribution in [1.82, 2.24) is 9.97 Å². The first-order chi connectivity index (χ1) is 11.0. The summed E-state index contributed by atoms with van der Waals surface area (Å²) in [6.07, 6.45) is 0. The average molecular weight is 364 g/mol. The van der Waals surface area contributed by atoms with Gasteiger partial charge in [-0.3, -0.25) is 0 Å². The molecule has 2 N–H and O–H groups in total. The molecule has 3 nitrogen and oxygen atoms in total. The summed E-state index contributed by atoms with van der Waals surface area (Å²) < 4.78 is 0. The van der Waals surface area contributed by atoms with Crippen molar-refractivity contribution < 1.29 is 5.11 Å². The van der Waals surface area contributed by atoms with Crippen molar-refractivity contribution in [3.63, 3.8) is 0 Å². The third kappa shape index (κ3) is 2.41. The van der Waals surface area contributed by atoms with Gasteiger partial charge in [-0.15, -0.1) is 0 Å². The molecular formula is C17H9Cl3N2O. The molecule has 114 valence electrons. The first-order valence-corrected chi connectivity index (χ1v) is 7.93. The molecule has 0 aliphatic rings. The van der Waals surface area contributed by atoms with E-state index in [0.717, 1.165) is 16.6 Å². The maximum absolute atomic E-state index is 10.1. The fraction of sp³-hybridized carbons (Fsp3) is 0. The van der Waals surface area contributed by atoms with Gasteiger partial charge in [-0.1, -0.05) is 34.8 Å². The predicted octanol–water partition coefficient (Wildman–Crippen LogP) is 6.05. The molecule has 2 aromatic heterocycles. The summed E-state index contributed by atoms with van der Waals surface area (Å²) >= 11 is 18.1. The van der Waals surface area contributed by atoms with Gasteiger partial charge in [0.25, 0.3) is 0 Å². The smallest absolute Gasteiger partial charge is 0.160 e. The Bertz CT molecular complexity index is 1070. The summed E-state index contributed by atoms with van der Waals surface area (Å²) in [5.41, 5.74) is 2.83. The molecule has 0 amide bonds. The minimum Gasteiger partial charge on any atom is -0.504 e. The molecule has 0 spiro atoms. The monoisotopic (exact) mass is 362 g/mol. The zero-order valence-corrected chi connectivity index (χ0v) is 13.8. The molecule has 23 heavy (non-hydrogen) atoms. The number of halogens is 3. The topological polar surface area (TPSA) is 48.9 Å². The van der Waals surface area contributed by atoms with Crippen LogP contribution in [0.25, 0.3) is 33.2 Å². The Morgan fingerprint density at radius 2 is 1.74 bits per heavy atom. The summed E-state index contributed by atoms with van der Waals surface area (Å²) in [6, 6.07) is 12.7. The van der Waals surface area contributed by atoms with E-state index in [-0.39, 0.29) is 10.8 Å². The summed E-state index contributed by atoms with van der Waals surface area (Å²) in [7, 11) is 0. The molecule has 0 saturated heterocycles. The Hall–Kier alpha value is -1.94. The van der Waals surface area contributed by atoms with Crippen molar-refractivity contribution in [2.75, 3.05) is 0 Å². The summed E-state index contributed by atoms with van der Waals surface area (Å²) in [5, 5.41) is 13.1. The lowest BCUT2D eigenvalue weighted by Crippen LogP contribution is -1.87. The number of nitrogens with zero attached hydrogens (tertiary/aromatic N) is 1. The first kappa shape index (κ1) is 14.6. The van der Waals surface area contributed by atoms with Gasteiger partial charge in [0.2, 0.25) is 0 Å². The lowest BCUT2D eigenvalue weighted by molar-refractivity contribution is 0.480. The lowest BCUT2D eigenvalue weighted by Gasteiger charge is -2.06. The number of H-pyrrole nitrogens is 1. The number of aromatic nitrogens is 2. The SMILES string of the molecule is Oc1c(Cl)cc(Cl)c2ccc(-c3cc4cc(Cl)ccc4[nH]3)nc12. The number of rotatable bonds is 1. The predicted molar refractivity (Wildman–Crippen MR) is 95.7 cm³/mol. The van der Waals surface area contributed by atoms with E-state index in [2.05, 4.69) is 9.97 Å². The van der Waals surface area contributed by atoms with Gasteiger partial charge in [0, 0.05) is 21.3 Å². The van der Waals surface area contributed by atoms with Crippen molar-refractivity contribution in [2.24, 2.45) is 0 Å². The van der Waals surface area contributed by atoms with Gasteiger partial charge in [0.15, 0.2) is 5.75 Å². The van der Waals surface area contributed by atoms with Crippen LogP contribution in [0, 0.1) is 0 Å². The van der Waals surface area contributed by atoms with E-state index in [1.165, 1.54) is 6.07 Å². The molecule has 0 bridgehead atoms. The van der Waals surface area contributed by atoms with Gasteiger partial charge in [-0.2, -0.15) is 0 Å². The molecule has 0 unspecified atom stereocenters. The van der Waals surface area contributed by atoms with Crippen LogP contribution >= 0.6 is 34.8 Å². The number of aromatic hydroxyl groups is 1.